The van der Waals surface area contributed by atoms with Crippen LogP contribution in [0.1, 0.15) is 35.7 Å². The number of carbonyl (C=O) groups is 1. The molecule has 0 radical (unpaired) electrons. The van der Waals surface area contributed by atoms with Crippen LogP contribution in [0.3, 0.4) is 0 Å². The Bertz CT molecular complexity index is 642. The van der Waals surface area contributed by atoms with Crippen LogP contribution in [0, 0.1) is 0 Å². The maximum absolute atomic E-state index is 12.7. The van der Waals surface area contributed by atoms with E-state index in [4.69, 9.17) is 5.73 Å². The molecule has 1 saturated heterocycles. The van der Waals surface area contributed by atoms with E-state index in [1.54, 1.807) is 0 Å². The van der Waals surface area contributed by atoms with E-state index in [1.165, 1.54) is 11.3 Å². The summed E-state index contributed by atoms with van der Waals surface area (Å²) in [6, 6.07) is 10.2. The summed E-state index contributed by atoms with van der Waals surface area (Å²) in [7, 11) is 0. The lowest BCUT2D eigenvalue weighted by Crippen LogP contribution is -2.28. The first-order valence-electron chi connectivity index (χ1n) is 7.48. The molecule has 2 heterocycles. The van der Waals surface area contributed by atoms with Gasteiger partial charge in [0.15, 0.2) is 0 Å². The summed E-state index contributed by atoms with van der Waals surface area (Å²) in [6.45, 7) is 3.81. The van der Waals surface area contributed by atoms with Crippen molar-refractivity contribution in [2.45, 2.75) is 26.2 Å². The molecule has 21 heavy (non-hydrogen) atoms. The van der Waals surface area contributed by atoms with Gasteiger partial charge in [0.25, 0.3) is 5.91 Å². The Balaban J connectivity index is 2.05. The molecule has 1 aliphatic heterocycles. The van der Waals surface area contributed by atoms with E-state index >= 15 is 0 Å². The summed E-state index contributed by atoms with van der Waals surface area (Å²) in [5.74, 6) is 0.111. The van der Waals surface area contributed by atoms with Gasteiger partial charge in [0.1, 0.15) is 0 Å². The third-order valence-electron chi connectivity index (χ3n) is 4.03. The molecule has 0 atom stereocenters. The Hall–Kier alpha value is -1.81. The van der Waals surface area contributed by atoms with Crippen molar-refractivity contribution < 1.29 is 4.79 Å². The van der Waals surface area contributed by atoms with Crippen LogP contribution < -0.4 is 5.73 Å². The van der Waals surface area contributed by atoms with Crippen molar-refractivity contribution >= 4 is 22.2 Å². The van der Waals surface area contributed by atoms with Gasteiger partial charge in [0.05, 0.1) is 10.6 Å². The topological polar surface area (TPSA) is 46.3 Å². The molecule has 1 aromatic carbocycles. The van der Waals surface area contributed by atoms with Gasteiger partial charge in [-0.2, -0.15) is 0 Å². The van der Waals surface area contributed by atoms with E-state index in [2.05, 4.69) is 19.1 Å². The minimum atomic E-state index is 0.111. The van der Waals surface area contributed by atoms with Crippen LogP contribution in [0.25, 0.3) is 10.4 Å². The lowest BCUT2D eigenvalue weighted by atomic mass is 10.0. The number of carbonyl (C=O) groups excluding carboxylic acids is 1. The number of hydrogen-bond donors (Lipinski definition) is 1. The van der Waals surface area contributed by atoms with Crippen LogP contribution >= 0.6 is 11.3 Å². The average molecular weight is 300 g/mol. The monoisotopic (exact) mass is 300 g/mol. The molecule has 0 saturated carbocycles. The lowest BCUT2D eigenvalue weighted by Gasteiger charge is -2.16. The molecule has 4 heteroatoms. The Morgan fingerprint density at radius 3 is 2.52 bits per heavy atom. The summed E-state index contributed by atoms with van der Waals surface area (Å²) < 4.78 is 0. The van der Waals surface area contributed by atoms with Crippen molar-refractivity contribution in [3.05, 3.63) is 41.5 Å². The summed E-state index contributed by atoms with van der Waals surface area (Å²) in [4.78, 5) is 15.8. The van der Waals surface area contributed by atoms with Crippen LogP contribution in [0.2, 0.25) is 0 Å². The highest BCUT2D eigenvalue weighted by Gasteiger charge is 2.27. The van der Waals surface area contributed by atoms with Gasteiger partial charge < -0.3 is 10.6 Å². The molecule has 0 bridgehead atoms. The number of nitrogen functional groups attached to an aromatic ring is 1. The fraction of sp³-hybridized carbons (Fsp3) is 0.353. The number of nitrogens with zero attached hydrogens (tertiary/aromatic N) is 1. The fourth-order valence-corrected chi connectivity index (χ4v) is 4.11. The second kappa shape index (κ2) is 5.90. The molecule has 0 aliphatic carbocycles. The van der Waals surface area contributed by atoms with Crippen LogP contribution in [0.4, 0.5) is 5.00 Å². The van der Waals surface area contributed by atoms with Gasteiger partial charge >= 0.3 is 0 Å². The predicted octanol–water partition coefficient (Wildman–Crippen LogP) is 3.80. The van der Waals surface area contributed by atoms with Gasteiger partial charge in [-0.1, -0.05) is 37.3 Å². The van der Waals surface area contributed by atoms with Crippen molar-refractivity contribution in [3.8, 4) is 10.4 Å². The van der Waals surface area contributed by atoms with E-state index in [0.717, 1.165) is 53.9 Å². The summed E-state index contributed by atoms with van der Waals surface area (Å²) in [5, 5.41) is 0.655. The van der Waals surface area contributed by atoms with Gasteiger partial charge in [-0.15, -0.1) is 11.3 Å². The van der Waals surface area contributed by atoms with E-state index < -0.39 is 0 Å². The SMILES string of the molecule is CCc1c(-c2ccccc2)sc(N)c1C(=O)N1CCCC1. The number of nitrogens with two attached hydrogens (primary N) is 1. The lowest BCUT2D eigenvalue weighted by molar-refractivity contribution is 0.0793. The quantitative estimate of drug-likeness (QED) is 0.937. The molecule has 3 nitrogen and oxygen atoms in total. The summed E-state index contributed by atoms with van der Waals surface area (Å²) >= 11 is 1.54. The zero-order valence-electron chi connectivity index (χ0n) is 12.3. The molecular formula is C17H20N2OS. The van der Waals surface area contributed by atoms with Crippen molar-refractivity contribution in [3.63, 3.8) is 0 Å². The fourth-order valence-electron chi connectivity index (χ4n) is 2.96. The van der Waals surface area contributed by atoms with Crippen LogP contribution in [0.15, 0.2) is 30.3 Å². The van der Waals surface area contributed by atoms with Gasteiger partial charge in [0.2, 0.25) is 0 Å². The first kappa shape index (κ1) is 14.1. The second-order valence-electron chi connectivity index (χ2n) is 5.37. The van der Waals surface area contributed by atoms with Crippen molar-refractivity contribution in [1.29, 1.82) is 0 Å². The van der Waals surface area contributed by atoms with Gasteiger partial charge in [-0.3, -0.25) is 4.79 Å². The van der Waals surface area contributed by atoms with E-state index in [0.29, 0.717) is 5.00 Å². The predicted molar refractivity (Wildman–Crippen MR) is 88.7 cm³/mol. The number of benzene rings is 1. The number of hydrogen-bond acceptors (Lipinski definition) is 3. The van der Waals surface area contributed by atoms with Crippen molar-refractivity contribution in [2.75, 3.05) is 18.8 Å². The molecule has 1 amide bonds. The third-order valence-corrected chi connectivity index (χ3v) is 5.14. The standard InChI is InChI=1S/C17H20N2OS/c1-2-13-14(17(20)19-10-6-7-11-19)16(18)21-15(13)12-8-4-3-5-9-12/h3-5,8-9H,2,6-7,10-11,18H2,1H3. The maximum atomic E-state index is 12.7. The maximum Gasteiger partial charge on any atom is 0.257 e. The molecular weight excluding hydrogens is 280 g/mol. The molecule has 1 aromatic heterocycles. The van der Waals surface area contributed by atoms with E-state index in [1.807, 2.05) is 23.1 Å². The number of anilines is 1. The normalized spacial score (nSPS) is 14.6. The Kier molecular flexibility index (Phi) is 3.97. The summed E-state index contributed by atoms with van der Waals surface area (Å²) in [6.07, 6.45) is 3.03. The zero-order chi connectivity index (χ0) is 14.8. The number of amides is 1. The second-order valence-corrected chi connectivity index (χ2v) is 6.42. The first-order chi connectivity index (χ1) is 10.2. The molecule has 2 N–H and O–H groups in total. The highest BCUT2D eigenvalue weighted by atomic mass is 32.1. The molecule has 0 unspecified atom stereocenters. The van der Waals surface area contributed by atoms with Gasteiger partial charge in [-0.05, 0) is 30.4 Å². The highest BCUT2D eigenvalue weighted by Crippen LogP contribution is 2.39. The summed E-state index contributed by atoms with van der Waals surface area (Å²) in [5.41, 5.74) is 9.18. The minimum absolute atomic E-state index is 0.111. The molecule has 1 aliphatic rings. The van der Waals surface area contributed by atoms with Gasteiger partial charge in [-0.25, -0.2) is 0 Å². The van der Waals surface area contributed by atoms with Crippen molar-refractivity contribution in [1.82, 2.24) is 4.90 Å². The van der Waals surface area contributed by atoms with E-state index in [-0.39, 0.29) is 5.91 Å². The van der Waals surface area contributed by atoms with Gasteiger partial charge in [0, 0.05) is 18.0 Å². The third kappa shape index (κ3) is 2.56. The molecule has 2 aromatic rings. The average Bonchev–Trinajstić information content (AvgIpc) is 3.15. The molecule has 3 rings (SSSR count). The molecule has 1 fully saturated rings. The number of likely N-dealkylation sites (tertiary alicyclic amines) is 1. The van der Waals surface area contributed by atoms with E-state index in [9.17, 15) is 4.79 Å². The van der Waals surface area contributed by atoms with Crippen molar-refractivity contribution in [2.24, 2.45) is 0 Å². The highest BCUT2D eigenvalue weighted by molar-refractivity contribution is 7.19. The van der Waals surface area contributed by atoms with Crippen LogP contribution in [0.5, 0.6) is 0 Å². The molecule has 0 spiro atoms. The Labute approximate surface area is 129 Å². The van der Waals surface area contributed by atoms with Crippen LogP contribution in [-0.2, 0) is 6.42 Å². The molecule has 110 valence electrons. The smallest absolute Gasteiger partial charge is 0.257 e. The Morgan fingerprint density at radius 2 is 1.90 bits per heavy atom. The number of thiophene rings is 1. The largest absolute Gasteiger partial charge is 0.390 e. The minimum Gasteiger partial charge on any atom is -0.390 e. The first-order valence-corrected chi connectivity index (χ1v) is 8.29. The number of rotatable bonds is 3. The zero-order valence-corrected chi connectivity index (χ0v) is 13.1. The van der Waals surface area contributed by atoms with Crippen LogP contribution in [-0.4, -0.2) is 23.9 Å². The Morgan fingerprint density at radius 1 is 1.24 bits per heavy atom.